The Hall–Kier alpha value is -0.670. The quantitative estimate of drug-likeness (QED) is 0.498. The van der Waals surface area contributed by atoms with Gasteiger partial charge in [0.25, 0.3) is 0 Å². The van der Waals surface area contributed by atoms with E-state index >= 15 is 0 Å². The Kier molecular flexibility index (Phi) is 1.41. The Bertz CT molecular complexity index is 160. The first-order valence-corrected chi connectivity index (χ1v) is 2.73. The molecule has 40 valence electrons. The Morgan fingerprint density at radius 1 is 1.62 bits per heavy atom. The van der Waals surface area contributed by atoms with Crippen molar-refractivity contribution in [3.05, 3.63) is 34.9 Å². The van der Waals surface area contributed by atoms with Gasteiger partial charge in [-0.05, 0) is 19.1 Å². The molecule has 0 amide bonds. The van der Waals surface area contributed by atoms with Crippen LogP contribution in [0.1, 0.15) is 5.56 Å². The molecule has 0 fully saturated rings. The van der Waals surface area contributed by atoms with Gasteiger partial charge in [0.1, 0.15) is 0 Å². The fraction of sp³-hybridized carbons (Fsp3) is 0.143. The van der Waals surface area contributed by atoms with Crippen LogP contribution in [0.2, 0.25) is 5.02 Å². The molecule has 0 radical (unpaired) electrons. The molecular formula is C7H5Cl. The van der Waals surface area contributed by atoms with E-state index in [4.69, 9.17) is 11.6 Å². The van der Waals surface area contributed by atoms with Crippen LogP contribution in [-0.4, -0.2) is 0 Å². The second-order valence-electron chi connectivity index (χ2n) is 1.58. The molecule has 0 unspecified atom stereocenters. The standard InChI is InChI=1S/C7H5Cl/c1-6-4-2-3-5-7(6)8/h3,5H,1H3. The maximum Gasteiger partial charge on any atom is 0.0525 e. The molecule has 1 heteroatoms. The van der Waals surface area contributed by atoms with Crippen molar-refractivity contribution in [3.8, 4) is 0 Å². The largest absolute Gasteiger partial charge is 0.0833 e. The summed E-state index contributed by atoms with van der Waals surface area (Å²) in [5.41, 5.74) is 0.953. The van der Waals surface area contributed by atoms with Crippen LogP contribution in [0.5, 0.6) is 0 Å². The second-order valence-corrected chi connectivity index (χ2v) is 1.98. The Morgan fingerprint density at radius 3 is 2.75 bits per heavy atom. The molecule has 0 aromatic heterocycles. The summed E-state index contributed by atoms with van der Waals surface area (Å²) < 4.78 is 0. The van der Waals surface area contributed by atoms with Crippen LogP contribution in [0.25, 0.3) is 0 Å². The molecule has 0 aliphatic rings. The molecule has 8 heavy (non-hydrogen) atoms. The van der Waals surface area contributed by atoms with E-state index < -0.39 is 0 Å². The predicted octanol–water partition coefficient (Wildman–Crippen LogP) is 2.25. The van der Waals surface area contributed by atoms with Crippen molar-refractivity contribution in [2.24, 2.45) is 0 Å². The van der Waals surface area contributed by atoms with E-state index in [0.29, 0.717) is 0 Å². The number of hydrogen-bond donors (Lipinski definition) is 0. The minimum atomic E-state index is 0.753. The summed E-state index contributed by atoms with van der Waals surface area (Å²) in [7, 11) is 0. The highest BCUT2D eigenvalue weighted by Crippen LogP contribution is 2.08. The zero-order chi connectivity index (χ0) is 5.98. The molecule has 1 aromatic rings. The van der Waals surface area contributed by atoms with Crippen LogP contribution in [0.3, 0.4) is 0 Å². The molecule has 0 aliphatic carbocycles. The lowest BCUT2D eigenvalue weighted by atomic mass is 10.3. The van der Waals surface area contributed by atoms with Crippen molar-refractivity contribution in [2.75, 3.05) is 0 Å². The third-order valence-electron chi connectivity index (χ3n) is 0.931. The van der Waals surface area contributed by atoms with Crippen molar-refractivity contribution >= 4 is 11.6 Å². The lowest BCUT2D eigenvalue weighted by Crippen LogP contribution is -1.66. The minimum Gasteiger partial charge on any atom is -0.0833 e. The third-order valence-corrected chi connectivity index (χ3v) is 1.34. The normalized spacial score (nSPS) is 8.25. The number of hydrogen-bond acceptors (Lipinski definition) is 0. The van der Waals surface area contributed by atoms with Gasteiger partial charge in [0.05, 0.1) is 5.02 Å². The SMILES string of the molecule is Cc1c#cccc1Cl. The van der Waals surface area contributed by atoms with Crippen molar-refractivity contribution in [2.45, 2.75) is 6.92 Å². The fourth-order valence-corrected chi connectivity index (χ4v) is 0.560. The molecule has 0 spiro atoms. The van der Waals surface area contributed by atoms with Crippen LogP contribution >= 0.6 is 11.6 Å². The monoisotopic (exact) mass is 124 g/mol. The van der Waals surface area contributed by atoms with Gasteiger partial charge in [-0.2, -0.15) is 0 Å². The highest BCUT2D eigenvalue weighted by molar-refractivity contribution is 6.31. The molecule has 0 nitrogen and oxygen atoms in total. The summed E-state index contributed by atoms with van der Waals surface area (Å²) in [6.07, 6.45) is 0. The Balaban J connectivity index is 3.13. The molecular weight excluding hydrogens is 120 g/mol. The van der Waals surface area contributed by atoms with Gasteiger partial charge in [-0.3, -0.25) is 0 Å². The first-order chi connectivity index (χ1) is 3.80. The zero-order valence-corrected chi connectivity index (χ0v) is 5.29. The molecule has 1 rings (SSSR count). The van der Waals surface area contributed by atoms with Crippen molar-refractivity contribution in [3.63, 3.8) is 0 Å². The summed E-state index contributed by atoms with van der Waals surface area (Å²) >= 11 is 5.66. The predicted molar refractivity (Wildman–Crippen MR) is 33.9 cm³/mol. The topological polar surface area (TPSA) is 0 Å². The van der Waals surface area contributed by atoms with E-state index in [9.17, 15) is 0 Å². The van der Waals surface area contributed by atoms with Crippen LogP contribution in [-0.2, 0) is 0 Å². The van der Waals surface area contributed by atoms with Gasteiger partial charge >= 0.3 is 0 Å². The Morgan fingerprint density at radius 2 is 2.38 bits per heavy atom. The van der Waals surface area contributed by atoms with Gasteiger partial charge in [-0.1, -0.05) is 23.7 Å². The molecule has 1 aromatic carbocycles. The lowest BCUT2D eigenvalue weighted by Gasteiger charge is -1.85. The van der Waals surface area contributed by atoms with Crippen LogP contribution in [0.15, 0.2) is 12.1 Å². The molecule has 0 N–H and O–H groups in total. The van der Waals surface area contributed by atoms with Crippen LogP contribution in [0.4, 0.5) is 0 Å². The van der Waals surface area contributed by atoms with E-state index in [-0.39, 0.29) is 0 Å². The van der Waals surface area contributed by atoms with Gasteiger partial charge in [0.2, 0.25) is 0 Å². The molecule has 0 heterocycles. The van der Waals surface area contributed by atoms with E-state index in [2.05, 4.69) is 12.1 Å². The van der Waals surface area contributed by atoms with Gasteiger partial charge in [0, 0.05) is 5.56 Å². The summed E-state index contributed by atoms with van der Waals surface area (Å²) in [6, 6.07) is 9.18. The highest BCUT2D eigenvalue weighted by atomic mass is 35.5. The van der Waals surface area contributed by atoms with Crippen molar-refractivity contribution in [1.29, 1.82) is 0 Å². The summed E-state index contributed by atoms with van der Waals surface area (Å²) in [5, 5.41) is 0.753. The first-order valence-electron chi connectivity index (χ1n) is 2.35. The molecule has 0 atom stereocenters. The molecule has 0 saturated heterocycles. The number of rotatable bonds is 0. The van der Waals surface area contributed by atoms with E-state index in [0.717, 1.165) is 10.6 Å². The summed E-state index contributed by atoms with van der Waals surface area (Å²) in [4.78, 5) is 0. The Labute approximate surface area is 54.1 Å². The van der Waals surface area contributed by atoms with Crippen molar-refractivity contribution < 1.29 is 0 Å². The smallest absolute Gasteiger partial charge is 0.0525 e. The maximum absolute atomic E-state index is 5.66. The van der Waals surface area contributed by atoms with Gasteiger partial charge < -0.3 is 0 Å². The van der Waals surface area contributed by atoms with E-state index in [1.165, 1.54) is 0 Å². The molecule has 0 saturated carbocycles. The van der Waals surface area contributed by atoms with Crippen LogP contribution in [0, 0.1) is 19.1 Å². The van der Waals surface area contributed by atoms with Gasteiger partial charge in [-0.15, -0.1) is 0 Å². The third kappa shape index (κ3) is 0.936. The van der Waals surface area contributed by atoms with Gasteiger partial charge in [-0.25, -0.2) is 0 Å². The lowest BCUT2D eigenvalue weighted by molar-refractivity contribution is 1.49. The highest BCUT2D eigenvalue weighted by Gasteiger charge is 1.85. The number of halogens is 1. The van der Waals surface area contributed by atoms with Crippen LogP contribution < -0.4 is 0 Å². The molecule has 0 aliphatic heterocycles. The average molecular weight is 125 g/mol. The molecule has 0 bridgehead atoms. The van der Waals surface area contributed by atoms with E-state index in [1.807, 2.05) is 6.92 Å². The summed E-state index contributed by atoms with van der Waals surface area (Å²) in [6.45, 7) is 1.90. The van der Waals surface area contributed by atoms with Gasteiger partial charge in [0.15, 0.2) is 0 Å². The van der Waals surface area contributed by atoms with E-state index in [1.54, 1.807) is 12.1 Å². The first kappa shape index (κ1) is 5.47. The maximum atomic E-state index is 5.66. The summed E-state index contributed by atoms with van der Waals surface area (Å²) in [5.74, 6) is 0. The minimum absolute atomic E-state index is 0.753. The average Bonchev–Trinajstić information content (AvgIpc) is 1.77. The fourth-order valence-electron chi connectivity index (χ4n) is 0.449. The second kappa shape index (κ2) is 2.07. The van der Waals surface area contributed by atoms with Crippen molar-refractivity contribution in [1.82, 2.24) is 0 Å². The zero-order valence-electron chi connectivity index (χ0n) is 4.53.